The molecule has 0 radical (unpaired) electrons. The number of benzene rings is 3. The third-order valence-corrected chi connectivity index (χ3v) is 4.66. The molecule has 0 aliphatic rings. The van der Waals surface area contributed by atoms with Crippen molar-refractivity contribution >= 4 is 44.4 Å². The summed E-state index contributed by atoms with van der Waals surface area (Å²) in [5, 5.41) is 3.70. The molecule has 0 aliphatic heterocycles. The molecule has 0 N–H and O–H groups in total. The van der Waals surface area contributed by atoms with Crippen LogP contribution in [-0.4, -0.2) is 5.78 Å². The predicted octanol–water partition coefficient (Wildman–Crippen LogP) is 5.77. The van der Waals surface area contributed by atoms with Crippen LogP contribution in [0.4, 0.5) is 5.69 Å². The Hall–Kier alpha value is -3.66. The van der Waals surface area contributed by atoms with Gasteiger partial charge in [0.2, 0.25) is 5.55 Å². The molecule has 0 amide bonds. The summed E-state index contributed by atoms with van der Waals surface area (Å²) in [5.74, 6) is 0.250. The molecule has 3 aromatic carbocycles. The molecule has 130 valence electrons. The lowest BCUT2D eigenvalue weighted by molar-refractivity contribution is 0.101. The lowest BCUT2D eigenvalue weighted by atomic mass is 10.0. The highest BCUT2D eigenvalue weighted by atomic mass is 16.5. The van der Waals surface area contributed by atoms with Crippen LogP contribution in [0.25, 0.3) is 32.9 Å². The minimum absolute atomic E-state index is 0.0593. The average molecular weight is 353 g/mol. The summed E-state index contributed by atoms with van der Waals surface area (Å²) in [7, 11) is 0. The summed E-state index contributed by atoms with van der Waals surface area (Å²) in [6.45, 7) is 1.55. The Morgan fingerprint density at radius 3 is 2.44 bits per heavy atom. The van der Waals surface area contributed by atoms with Gasteiger partial charge in [-0.3, -0.25) is 4.79 Å². The molecule has 0 spiro atoms. The van der Waals surface area contributed by atoms with Gasteiger partial charge < -0.3 is 8.83 Å². The van der Waals surface area contributed by atoms with Gasteiger partial charge in [0.05, 0.1) is 11.1 Å². The van der Waals surface area contributed by atoms with E-state index in [1.54, 1.807) is 13.0 Å². The first-order chi connectivity index (χ1) is 13.2. The Balaban J connectivity index is 1.92. The van der Waals surface area contributed by atoms with Crippen molar-refractivity contribution in [2.75, 3.05) is 0 Å². The number of hydrogen-bond acceptors (Lipinski definition) is 4. The number of hydrogen-bond donors (Lipinski definition) is 0. The van der Waals surface area contributed by atoms with Gasteiger partial charge in [-0.05, 0) is 35.9 Å². The van der Waals surface area contributed by atoms with Gasteiger partial charge in [0.25, 0.3) is 0 Å². The lowest BCUT2D eigenvalue weighted by Crippen LogP contribution is -2.05. The molecule has 5 rings (SSSR count). The first-order valence-electron chi connectivity index (χ1n) is 8.69. The molecule has 4 heteroatoms. The van der Waals surface area contributed by atoms with Crippen molar-refractivity contribution in [2.45, 2.75) is 6.92 Å². The molecular weight excluding hydrogens is 338 g/mol. The average Bonchev–Trinajstić information content (AvgIpc) is 3.07. The molecule has 0 aliphatic carbocycles. The van der Waals surface area contributed by atoms with Crippen molar-refractivity contribution in [2.24, 2.45) is 4.99 Å². The van der Waals surface area contributed by atoms with Gasteiger partial charge in [0.1, 0.15) is 5.58 Å². The summed E-state index contributed by atoms with van der Waals surface area (Å²) in [6, 6.07) is 23.1. The second-order valence-electron chi connectivity index (χ2n) is 6.43. The standard InChI is InChI=1S/C23H15NO3/c1-14(25)18-13-20(24-16-8-3-2-4-9-16)27-23-22(18)21-17-10-6-5-7-15(17)11-12-19(21)26-23/h2-13H,1H3. The second-order valence-corrected chi connectivity index (χ2v) is 6.43. The normalized spacial score (nSPS) is 12.3. The number of carbonyl (C=O) groups excluding carboxylic acids is 1. The zero-order valence-electron chi connectivity index (χ0n) is 14.6. The highest BCUT2D eigenvalue weighted by molar-refractivity contribution is 6.23. The van der Waals surface area contributed by atoms with E-state index in [0.29, 0.717) is 27.9 Å². The van der Waals surface area contributed by atoms with Crippen molar-refractivity contribution in [1.29, 1.82) is 0 Å². The van der Waals surface area contributed by atoms with E-state index < -0.39 is 0 Å². The van der Waals surface area contributed by atoms with Crippen molar-refractivity contribution < 1.29 is 13.6 Å². The van der Waals surface area contributed by atoms with E-state index in [1.165, 1.54) is 0 Å². The molecule has 0 saturated carbocycles. The van der Waals surface area contributed by atoms with E-state index in [1.807, 2.05) is 66.7 Å². The minimum atomic E-state index is -0.0593. The SMILES string of the molecule is CC(=O)c1cc(=Nc2ccccc2)oc2oc3ccc4ccccc4c3c12. The Bertz CT molecular complexity index is 1390. The van der Waals surface area contributed by atoms with E-state index >= 15 is 0 Å². The highest BCUT2D eigenvalue weighted by Crippen LogP contribution is 2.36. The molecular formula is C23H15NO3. The van der Waals surface area contributed by atoms with Crippen LogP contribution in [0.15, 0.2) is 86.6 Å². The number of furan rings is 1. The summed E-state index contributed by atoms with van der Waals surface area (Å²) in [6.07, 6.45) is 0. The van der Waals surface area contributed by atoms with Crippen LogP contribution in [0.3, 0.4) is 0 Å². The highest BCUT2D eigenvalue weighted by Gasteiger charge is 2.18. The van der Waals surface area contributed by atoms with Gasteiger partial charge in [0.15, 0.2) is 5.78 Å². The first-order valence-corrected chi connectivity index (χ1v) is 8.69. The van der Waals surface area contributed by atoms with Crippen molar-refractivity contribution in [3.8, 4) is 0 Å². The molecule has 5 aromatic rings. The van der Waals surface area contributed by atoms with Crippen LogP contribution in [0.2, 0.25) is 0 Å². The number of fused-ring (bicyclic) bond motifs is 5. The number of ketones is 1. The van der Waals surface area contributed by atoms with Gasteiger partial charge in [-0.15, -0.1) is 0 Å². The molecule has 0 unspecified atom stereocenters. The zero-order chi connectivity index (χ0) is 18.4. The Morgan fingerprint density at radius 1 is 0.852 bits per heavy atom. The third kappa shape index (κ3) is 2.54. The molecule has 2 heterocycles. The Labute approximate surface area is 154 Å². The predicted molar refractivity (Wildman–Crippen MR) is 105 cm³/mol. The molecule has 0 fully saturated rings. The number of nitrogens with zero attached hydrogens (tertiary/aromatic N) is 1. The largest absolute Gasteiger partial charge is 0.425 e. The van der Waals surface area contributed by atoms with Crippen LogP contribution in [0.5, 0.6) is 0 Å². The molecule has 0 saturated heterocycles. The van der Waals surface area contributed by atoms with E-state index in [-0.39, 0.29) is 5.78 Å². The molecule has 0 bridgehead atoms. The summed E-state index contributed by atoms with van der Waals surface area (Å²) >= 11 is 0. The maximum absolute atomic E-state index is 12.4. The topological polar surface area (TPSA) is 55.7 Å². The second kappa shape index (κ2) is 5.95. The zero-order valence-corrected chi connectivity index (χ0v) is 14.6. The maximum atomic E-state index is 12.4. The van der Waals surface area contributed by atoms with E-state index in [0.717, 1.165) is 21.8 Å². The Morgan fingerprint density at radius 2 is 1.63 bits per heavy atom. The summed E-state index contributed by atoms with van der Waals surface area (Å²) in [4.78, 5) is 16.9. The quantitative estimate of drug-likeness (QED) is 0.379. The first kappa shape index (κ1) is 15.6. The molecule has 2 aromatic heterocycles. The number of Topliss-reactive ketones (excluding diaryl/α,β-unsaturated/α-hetero) is 1. The fourth-order valence-corrected chi connectivity index (χ4v) is 3.45. The van der Waals surface area contributed by atoms with Crippen LogP contribution in [0.1, 0.15) is 17.3 Å². The number of carbonyl (C=O) groups is 1. The Kier molecular flexibility index (Phi) is 3.44. The monoisotopic (exact) mass is 353 g/mol. The minimum Gasteiger partial charge on any atom is -0.425 e. The summed E-state index contributed by atoms with van der Waals surface area (Å²) in [5.41, 5.74) is 2.31. The van der Waals surface area contributed by atoms with Gasteiger partial charge >= 0.3 is 5.78 Å². The fourth-order valence-electron chi connectivity index (χ4n) is 3.45. The maximum Gasteiger partial charge on any atom is 0.300 e. The lowest BCUT2D eigenvalue weighted by Gasteiger charge is -2.01. The van der Waals surface area contributed by atoms with Gasteiger partial charge in [-0.2, -0.15) is 0 Å². The molecule has 27 heavy (non-hydrogen) atoms. The van der Waals surface area contributed by atoms with Gasteiger partial charge in [-0.25, -0.2) is 4.99 Å². The third-order valence-electron chi connectivity index (χ3n) is 4.66. The number of rotatable bonds is 2. The van der Waals surface area contributed by atoms with E-state index in [2.05, 4.69) is 4.99 Å². The fraction of sp³-hybridized carbons (Fsp3) is 0.0435. The number of para-hydroxylation sites is 1. The van der Waals surface area contributed by atoms with E-state index in [9.17, 15) is 4.79 Å². The van der Waals surface area contributed by atoms with Crippen LogP contribution < -0.4 is 5.55 Å². The van der Waals surface area contributed by atoms with Crippen LogP contribution in [-0.2, 0) is 0 Å². The van der Waals surface area contributed by atoms with Crippen LogP contribution >= 0.6 is 0 Å². The van der Waals surface area contributed by atoms with Crippen molar-refractivity contribution in [1.82, 2.24) is 0 Å². The van der Waals surface area contributed by atoms with Crippen molar-refractivity contribution in [3.05, 3.63) is 83.9 Å². The summed E-state index contributed by atoms with van der Waals surface area (Å²) < 4.78 is 11.9. The van der Waals surface area contributed by atoms with E-state index in [4.69, 9.17) is 8.83 Å². The molecule has 4 nitrogen and oxygen atoms in total. The smallest absolute Gasteiger partial charge is 0.300 e. The van der Waals surface area contributed by atoms with Gasteiger partial charge in [0, 0.05) is 17.0 Å². The van der Waals surface area contributed by atoms with Crippen LogP contribution in [0, 0.1) is 0 Å². The van der Waals surface area contributed by atoms with Crippen molar-refractivity contribution in [3.63, 3.8) is 0 Å². The van der Waals surface area contributed by atoms with Gasteiger partial charge in [-0.1, -0.05) is 48.5 Å². The molecule has 0 atom stereocenters.